The zero-order chi connectivity index (χ0) is 12.6. The van der Waals surface area contributed by atoms with Crippen molar-refractivity contribution in [2.75, 3.05) is 20.3 Å². The van der Waals surface area contributed by atoms with Crippen molar-refractivity contribution in [3.8, 4) is 0 Å². The van der Waals surface area contributed by atoms with Gasteiger partial charge in [0.05, 0.1) is 19.1 Å². The van der Waals surface area contributed by atoms with E-state index in [4.69, 9.17) is 4.74 Å². The molecular weight excluding hydrogens is 206 g/mol. The number of hydrogen-bond donors (Lipinski definition) is 1. The van der Waals surface area contributed by atoms with Crippen LogP contribution in [0.1, 0.15) is 34.1 Å². The first-order chi connectivity index (χ1) is 7.51. The van der Waals surface area contributed by atoms with Crippen LogP contribution in [0, 0.1) is 5.92 Å². The van der Waals surface area contributed by atoms with Crippen LogP contribution in [0.15, 0.2) is 0 Å². The van der Waals surface area contributed by atoms with Crippen LogP contribution in [0.25, 0.3) is 0 Å². The molecule has 3 atom stereocenters. The van der Waals surface area contributed by atoms with Crippen LogP contribution >= 0.6 is 0 Å². The van der Waals surface area contributed by atoms with E-state index in [2.05, 4.69) is 17.0 Å². The van der Waals surface area contributed by atoms with Crippen molar-refractivity contribution in [2.45, 2.75) is 46.3 Å². The third-order valence-electron chi connectivity index (χ3n) is 2.52. The summed E-state index contributed by atoms with van der Waals surface area (Å²) in [6.07, 6.45) is 0.992. The Kier molecular flexibility index (Phi) is 8.21. The predicted octanol–water partition coefficient (Wildman–Crippen LogP) is 1.59. The Balaban J connectivity index is 3.73. The van der Waals surface area contributed by atoms with Crippen molar-refractivity contribution in [1.29, 1.82) is 0 Å². The molecule has 0 saturated carbocycles. The molecule has 0 bridgehead atoms. The van der Waals surface area contributed by atoms with E-state index in [1.54, 1.807) is 0 Å². The average molecular weight is 231 g/mol. The van der Waals surface area contributed by atoms with Crippen LogP contribution in [0.3, 0.4) is 0 Å². The number of carbonyl (C=O) groups is 1. The molecule has 0 aromatic rings. The second-order valence-corrected chi connectivity index (χ2v) is 4.24. The van der Waals surface area contributed by atoms with E-state index < -0.39 is 0 Å². The largest absolute Gasteiger partial charge is 0.469 e. The summed E-state index contributed by atoms with van der Waals surface area (Å²) in [4.78, 5) is 11.2. The Morgan fingerprint density at radius 3 is 2.44 bits per heavy atom. The predicted molar refractivity (Wildman–Crippen MR) is 64.3 cm³/mol. The third kappa shape index (κ3) is 6.80. The van der Waals surface area contributed by atoms with E-state index in [-0.39, 0.29) is 24.0 Å². The van der Waals surface area contributed by atoms with Crippen molar-refractivity contribution in [3.05, 3.63) is 0 Å². The number of methoxy groups -OCH3 is 1. The van der Waals surface area contributed by atoms with E-state index in [1.165, 1.54) is 7.11 Å². The molecule has 0 radical (unpaired) electrons. The molecule has 1 N–H and O–H groups in total. The van der Waals surface area contributed by atoms with Crippen LogP contribution in [0.5, 0.6) is 0 Å². The van der Waals surface area contributed by atoms with Gasteiger partial charge in [-0.05, 0) is 27.2 Å². The highest BCUT2D eigenvalue weighted by atomic mass is 16.5. The summed E-state index contributed by atoms with van der Waals surface area (Å²) in [5.41, 5.74) is 0. The minimum atomic E-state index is -0.147. The molecule has 0 aliphatic rings. The standard InChI is InChI=1S/C12H25NO3/c1-6-16-11(4)8-13-10(3)7-9(2)12(14)15-5/h9-11,13H,6-8H2,1-5H3. The van der Waals surface area contributed by atoms with Crippen LogP contribution in [-0.4, -0.2) is 38.4 Å². The first kappa shape index (κ1) is 15.4. The van der Waals surface area contributed by atoms with Gasteiger partial charge in [0, 0.05) is 19.2 Å². The molecule has 0 amide bonds. The minimum absolute atomic E-state index is 0.0603. The Labute approximate surface area is 98.7 Å². The van der Waals surface area contributed by atoms with Gasteiger partial charge in [-0.2, -0.15) is 0 Å². The summed E-state index contributed by atoms with van der Waals surface area (Å²) >= 11 is 0. The van der Waals surface area contributed by atoms with Gasteiger partial charge in [0.1, 0.15) is 0 Å². The molecule has 0 spiro atoms. The number of rotatable bonds is 8. The number of esters is 1. The average Bonchev–Trinajstić information content (AvgIpc) is 2.25. The number of ether oxygens (including phenoxy) is 2. The summed E-state index contributed by atoms with van der Waals surface area (Å²) in [6, 6.07) is 0.289. The normalized spacial score (nSPS) is 16.6. The SMILES string of the molecule is CCOC(C)CNC(C)CC(C)C(=O)OC. The molecule has 4 nitrogen and oxygen atoms in total. The van der Waals surface area contributed by atoms with Crippen molar-refractivity contribution in [1.82, 2.24) is 5.32 Å². The van der Waals surface area contributed by atoms with E-state index in [0.717, 1.165) is 19.6 Å². The molecule has 0 heterocycles. The Hall–Kier alpha value is -0.610. The second-order valence-electron chi connectivity index (χ2n) is 4.24. The quantitative estimate of drug-likeness (QED) is 0.644. The number of hydrogen-bond acceptors (Lipinski definition) is 4. The van der Waals surface area contributed by atoms with Gasteiger partial charge in [0.2, 0.25) is 0 Å². The van der Waals surface area contributed by atoms with Gasteiger partial charge in [-0.1, -0.05) is 6.92 Å². The molecule has 96 valence electrons. The summed E-state index contributed by atoms with van der Waals surface area (Å²) in [5.74, 6) is -0.207. The molecule has 0 saturated heterocycles. The number of carbonyl (C=O) groups excluding carboxylic acids is 1. The molecule has 4 heteroatoms. The van der Waals surface area contributed by atoms with Crippen molar-refractivity contribution in [2.24, 2.45) is 5.92 Å². The van der Waals surface area contributed by atoms with Gasteiger partial charge in [-0.15, -0.1) is 0 Å². The van der Waals surface area contributed by atoms with Crippen molar-refractivity contribution >= 4 is 5.97 Å². The topological polar surface area (TPSA) is 47.6 Å². The third-order valence-corrected chi connectivity index (χ3v) is 2.52. The van der Waals surface area contributed by atoms with Crippen LogP contribution in [0.2, 0.25) is 0 Å². The van der Waals surface area contributed by atoms with Crippen LogP contribution < -0.4 is 5.32 Å². The summed E-state index contributed by atoms with van der Waals surface area (Å²) in [6.45, 7) is 9.51. The van der Waals surface area contributed by atoms with Gasteiger partial charge in [0.25, 0.3) is 0 Å². The first-order valence-electron chi connectivity index (χ1n) is 5.94. The molecule has 3 unspecified atom stereocenters. The lowest BCUT2D eigenvalue weighted by molar-refractivity contribution is -0.145. The minimum Gasteiger partial charge on any atom is -0.469 e. The van der Waals surface area contributed by atoms with Gasteiger partial charge in [-0.25, -0.2) is 0 Å². The molecule has 16 heavy (non-hydrogen) atoms. The zero-order valence-electron chi connectivity index (χ0n) is 11.1. The Morgan fingerprint density at radius 1 is 1.31 bits per heavy atom. The van der Waals surface area contributed by atoms with Gasteiger partial charge >= 0.3 is 5.97 Å². The molecule has 0 fully saturated rings. The monoisotopic (exact) mass is 231 g/mol. The fourth-order valence-corrected chi connectivity index (χ4v) is 1.62. The molecule has 0 aliphatic heterocycles. The maximum absolute atomic E-state index is 11.2. The van der Waals surface area contributed by atoms with Crippen LogP contribution in [-0.2, 0) is 14.3 Å². The van der Waals surface area contributed by atoms with E-state index in [1.807, 2.05) is 20.8 Å². The second kappa shape index (κ2) is 8.53. The zero-order valence-corrected chi connectivity index (χ0v) is 11.1. The maximum atomic E-state index is 11.2. The van der Waals surface area contributed by atoms with Gasteiger partial charge in [-0.3, -0.25) is 4.79 Å². The Bertz CT molecular complexity index is 197. The van der Waals surface area contributed by atoms with Gasteiger partial charge in [0.15, 0.2) is 0 Å². The summed E-state index contributed by atoms with van der Waals surface area (Å²) < 4.78 is 10.1. The van der Waals surface area contributed by atoms with Gasteiger partial charge < -0.3 is 14.8 Å². The molecule has 0 aliphatic carbocycles. The highest BCUT2D eigenvalue weighted by Gasteiger charge is 2.16. The highest BCUT2D eigenvalue weighted by Crippen LogP contribution is 2.07. The van der Waals surface area contributed by atoms with Crippen molar-refractivity contribution < 1.29 is 14.3 Å². The Morgan fingerprint density at radius 2 is 1.94 bits per heavy atom. The molecule has 0 aromatic carbocycles. The summed E-state index contributed by atoms with van der Waals surface area (Å²) in [7, 11) is 1.42. The molecular formula is C12H25NO3. The maximum Gasteiger partial charge on any atom is 0.308 e. The smallest absolute Gasteiger partial charge is 0.308 e. The highest BCUT2D eigenvalue weighted by molar-refractivity contribution is 5.71. The molecule has 0 aromatic heterocycles. The van der Waals surface area contributed by atoms with E-state index >= 15 is 0 Å². The lowest BCUT2D eigenvalue weighted by atomic mass is 10.0. The van der Waals surface area contributed by atoms with E-state index in [9.17, 15) is 4.79 Å². The van der Waals surface area contributed by atoms with E-state index in [0.29, 0.717) is 0 Å². The lowest BCUT2D eigenvalue weighted by Gasteiger charge is -2.19. The number of nitrogens with one attached hydrogen (secondary N) is 1. The fourth-order valence-electron chi connectivity index (χ4n) is 1.62. The molecule has 0 rings (SSSR count). The van der Waals surface area contributed by atoms with Crippen molar-refractivity contribution in [3.63, 3.8) is 0 Å². The summed E-state index contributed by atoms with van der Waals surface area (Å²) in [5, 5.41) is 3.34. The van der Waals surface area contributed by atoms with Crippen LogP contribution in [0.4, 0.5) is 0 Å². The first-order valence-corrected chi connectivity index (χ1v) is 5.94. The lowest BCUT2D eigenvalue weighted by Crippen LogP contribution is -2.35. The fraction of sp³-hybridized carbons (Fsp3) is 0.917.